The largest absolute Gasteiger partial charge is 0.481 e. The molecule has 1 spiro atoms. The van der Waals surface area contributed by atoms with Gasteiger partial charge in [-0.1, -0.05) is 0 Å². The lowest BCUT2D eigenvalue weighted by molar-refractivity contribution is -0.179. The molecule has 1 aromatic heterocycles. The molecule has 1 aliphatic heterocycles. The standard InChI is InChI=1S/C15H21N3O3/c1-9-8-16-14(17-10(9)2)18-12-3-4-21-15(7-12)5-11(6-15)13(19)20/h8,11-12H,3-7H2,1-2H3,(H,19,20)(H,16,17,18). The quantitative estimate of drug-likeness (QED) is 0.885. The minimum atomic E-state index is -0.711. The average molecular weight is 291 g/mol. The topological polar surface area (TPSA) is 84.3 Å². The summed E-state index contributed by atoms with van der Waals surface area (Å²) in [5, 5.41) is 12.4. The molecular formula is C15H21N3O3. The molecule has 0 bridgehead atoms. The van der Waals surface area contributed by atoms with Crippen LogP contribution in [0.3, 0.4) is 0 Å². The zero-order chi connectivity index (χ0) is 15.0. The number of aromatic nitrogens is 2. The summed E-state index contributed by atoms with van der Waals surface area (Å²) in [4.78, 5) is 19.7. The van der Waals surface area contributed by atoms with Gasteiger partial charge in [0.2, 0.25) is 5.95 Å². The van der Waals surface area contributed by atoms with Crippen LogP contribution >= 0.6 is 0 Å². The van der Waals surface area contributed by atoms with Crippen molar-refractivity contribution in [3.8, 4) is 0 Å². The van der Waals surface area contributed by atoms with E-state index in [9.17, 15) is 4.79 Å². The van der Waals surface area contributed by atoms with Gasteiger partial charge in [0.1, 0.15) is 0 Å². The zero-order valence-electron chi connectivity index (χ0n) is 12.4. The van der Waals surface area contributed by atoms with Crippen molar-refractivity contribution >= 4 is 11.9 Å². The van der Waals surface area contributed by atoms with E-state index >= 15 is 0 Å². The van der Waals surface area contributed by atoms with E-state index in [0.717, 1.165) is 24.1 Å². The zero-order valence-corrected chi connectivity index (χ0v) is 12.4. The molecule has 1 aliphatic carbocycles. The molecule has 0 aromatic carbocycles. The molecule has 2 aliphatic rings. The fourth-order valence-electron chi connectivity index (χ4n) is 3.23. The van der Waals surface area contributed by atoms with Gasteiger partial charge in [-0.15, -0.1) is 0 Å². The first-order valence-corrected chi connectivity index (χ1v) is 7.41. The van der Waals surface area contributed by atoms with Gasteiger partial charge in [-0.25, -0.2) is 9.97 Å². The number of hydrogen-bond donors (Lipinski definition) is 2. The van der Waals surface area contributed by atoms with Crippen LogP contribution in [0.5, 0.6) is 0 Å². The van der Waals surface area contributed by atoms with Crippen LogP contribution in [0.4, 0.5) is 5.95 Å². The molecule has 1 aromatic rings. The van der Waals surface area contributed by atoms with Gasteiger partial charge in [0.15, 0.2) is 0 Å². The second-order valence-corrected chi connectivity index (χ2v) is 6.27. The summed E-state index contributed by atoms with van der Waals surface area (Å²) in [5.74, 6) is -0.312. The second kappa shape index (κ2) is 5.26. The molecule has 1 saturated heterocycles. The Balaban J connectivity index is 1.62. The lowest BCUT2D eigenvalue weighted by Gasteiger charge is -2.50. The van der Waals surface area contributed by atoms with E-state index in [-0.39, 0.29) is 17.6 Å². The van der Waals surface area contributed by atoms with E-state index < -0.39 is 5.97 Å². The monoisotopic (exact) mass is 291 g/mol. The number of nitrogens with zero attached hydrogens (tertiary/aromatic N) is 2. The Morgan fingerprint density at radius 2 is 2.19 bits per heavy atom. The fourth-order valence-corrected chi connectivity index (χ4v) is 3.23. The number of hydrogen-bond acceptors (Lipinski definition) is 5. The normalized spacial score (nSPS) is 31.7. The lowest BCUT2D eigenvalue weighted by atomic mass is 9.66. The Bertz CT molecular complexity index is 555. The van der Waals surface area contributed by atoms with E-state index in [1.807, 2.05) is 20.0 Å². The number of nitrogens with one attached hydrogen (secondary N) is 1. The molecule has 0 radical (unpaired) electrons. The molecule has 2 fully saturated rings. The second-order valence-electron chi connectivity index (χ2n) is 6.27. The third kappa shape index (κ3) is 2.85. The Kier molecular flexibility index (Phi) is 3.57. The summed E-state index contributed by atoms with van der Waals surface area (Å²) in [6, 6.07) is 0.246. The molecule has 0 amide bonds. The van der Waals surface area contributed by atoms with Crippen LogP contribution in [0.25, 0.3) is 0 Å². The summed E-state index contributed by atoms with van der Waals surface area (Å²) in [7, 11) is 0. The number of rotatable bonds is 3. The van der Waals surface area contributed by atoms with Crippen LogP contribution in [0.2, 0.25) is 0 Å². The van der Waals surface area contributed by atoms with Crippen LogP contribution in [-0.4, -0.2) is 39.3 Å². The summed E-state index contributed by atoms with van der Waals surface area (Å²) >= 11 is 0. The molecule has 114 valence electrons. The van der Waals surface area contributed by atoms with E-state index in [1.165, 1.54) is 0 Å². The third-order valence-corrected chi connectivity index (χ3v) is 4.64. The maximum atomic E-state index is 11.0. The molecule has 2 N–H and O–H groups in total. The summed E-state index contributed by atoms with van der Waals surface area (Å²) in [5.41, 5.74) is 1.80. The highest BCUT2D eigenvalue weighted by molar-refractivity contribution is 5.71. The molecule has 6 nitrogen and oxygen atoms in total. The van der Waals surface area contributed by atoms with Gasteiger partial charge in [0.05, 0.1) is 11.5 Å². The van der Waals surface area contributed by atoms with Crippen molar-refractivity contribution in [1.29, 1.82) is 0 Å². The number of aliphatic carboxylic acids is 1. The van der Waals surface area contributed by atoms with Crippen LogP contribution in [0.1, 0.15) is 36.9 Å². The SMILES string of the molecule is Cc1cnc(NC2CCOC3(C2)CC(C(=O)O)C3)nc1C. The molecular weight excluding hydrogens is 270 g/mol. The maximum absolute atomic E-state index is 11.0. The van der Waals surface area contributed by atoms with Crippen LogP contribution in [-0.2, 0) is 9.53 Å². The van der Waals surface area contributed by atoms with E-state index in [2.05, 4.69) is 15.3 Å². The minimum absolute atomic E-state index is 0.246. The van der Waals surface area contributed by atoms with E-state index in [4.69, 9.17) is 9.84 Å². The van der Waals surface area contributed by atoms with Gasteiger partial charge in [0, 0.05) is 24.5 Å². The third-order valence-electron chi connectivity index (χ3n) is 4.64. The number of aryl methyl sites for hydroxylation is 2. The van der Waals surface area contributed by atoms with Gasteiger partial charge in [-0.2, -0.15) is 0 Å². The number of anilines is 1. The van der Waals surface area contributed by atoms with E-state index in [0.29, 0.717) is 25.4 Å². The summed E-state index contributed by atoms with van der Waals surface area (Å²) in [6.45, 7) is 4.62. The maximum Gasteiger partial charge on any atom is 0.306 e. The highest BCUT2D eigenvalue weighted by atomic mass is 16.5. The smallest absolute Gasteiger partial charge is 0.306 e. The molecule has 1 saturated carbocycles. The Labute approximate surface area is 123 Å². The van der Waals surface area contributed by atoms with Crippen molar-refractivity contribution < 1.29 is 14.6 Å². The van der Waals surface area contributed by atoms with Crippen molar-refractivity contribution in [2.45, 2.75) is 51.2 Å². The number of carboxylic acids is 1. The van der Waals surface area contributed by atoms with Crippen molar-refractivity contribution in [3.05, 3.63) is 17.5 Å². The first-order chi connectivity index (χ1) is 9.97. The molecule has 21 heavy (non-hydrogen) atoms. The highest BCUT2D eigenvalue weighted by Gasteiger charge is 2.51. The van der Waals surface area contributed by atoms with Crippen molar-refractivity contribution in [2.75, 3.05) is 11.9 Å². The van der Waals surface area contributed by atoms with Crippen molar-refractivity contribution in [2.24, 2.45) is 5.92 Å². The predicted octanol–water partition coefficient (Wildman–Crippen LogP) is 1.92. The predicted molar refractivity (Wildman–Crippen MR) is 77.2 cm³/mol. The van der Waals surface area contributed by atoms with Gasteiger partial charge in [-0.3, -0.25) is 4.79 Å². The van der Waals surface area contributed by atoms with Crippen LogP contribution < -0.4 is 5.32 Å². The van der Waals surface area contributed by atoms with Crippen molar-refractivity contribution in [1.82, 2.24) is 9.97 Å². The highest BCUT2D eigenvalue weighted by Crippen LogP contribution is 2.46. The number of carboxylic acid groups (broad SMARTS) is 1. The first kappa shape index (κ1) is 14.3. The lowest BCUT2D eigenvalue weighted by Crippen LogP contribution is -2.54. The van der Waals surface area contributed by atoms with E-state index in [1.54, 1.807) is 0 Å². The molecule has 2 heterocycles. The van der Waals surface area contributed by atoms with Crippen LogP contribution in [0, 0.1) is 19.8 Å². The number of carbonyl (C=O) groups is 1. The van der Waals surface area contributed by atoms with Crippen molar-refractivity contribution in [3.63, 3.8) is 0 Å². The van der Waals surface area contributed by atoms with Gasteiger partial charge in [-0.05, 0) is 45.1 Å². The molecule has 1 unspecified atom stereocenters. The summed E-state index contributed by atoms with van der Waals surface area (Å²) < 4.78 is 5.85. The summed E-state index contributed by atoms with van der Waals surface area (Å²) in [6.07, 6.45) is 4.79. The Hall–Kier alpha value is -1.69. The van der Waals surface area contributed by atoms with Gasteiger partial charge >= 0.3 is 5.97 Å². The Morgan fingerprint density at radius 3 is 2.86 bits per heavy atom. The van der Waals surface area contributed by atoms with Gasteiger partial charge in [0.25, 0.3) is 0 Å². The molecule has 3 rings (SSSR count). The Morgan fingerprint density at radius 1 is 1.43 bits per heavy atom. The fraction of sp³-hybridized carbons (Fsp3) is 0.667. The van der Waals surface area contributed by atoms with Gasteiger partial charge < -0.3 is 15.2 Å². The molecule has 6 heteroatoms. The average Bonchev–Trinajstić information content (AvgIpc) is 2.40. The molecule has 1 atom stereocenters. The number of ether oxygens (including phenoxy) is 1. The van der Waals surface area contributed by atoms with Crippen LogP contribution in [0.15, 0.2) is 6.20 Å². The minimum Gasteiger partial charge on any atom is -0.481 e. The first-order valence-electron chi connectivity index (χ1n) is 7.41.